The van der Waals surface area contributed by atoms with E-state index in [1.54, 1.807) is 48.5 Å². The number of amides is 2. The lowest BCUT2D eigenvalue weighted by Gasteiger charge is -2.25. The molecule has 2 aliphatic rings. The molecule has 6 aromatic rings. The molecule has 2 aliphatic heterocycles. The summed E-state index contributed by atoms with van der Waals surface area (Å²) in [6.45, 7) is 25.0. The van der Waals surface area contributed by atoms with Gasteiger partial charge in [0.05, 0.1) is 24.2 Å². The van der Waals surface area contributed by atoms with E-state index in [2.05, 4.69) is 107 Å². The summed E-state index contributed by atoms with van der Waals surface area (Å²) in [6.07, 6.45) is 0. The standard InChI is InChI=1S/C54H56N2O6/c1-51(2,3)35-23-33-25-41(61-47(33)37(27-35)53(7,8)9)45-43-44(50(60)55(45)29-39(57)31-19-15-13-16-20-31)46(56(49(43)59)30-40(58)32-21-17-14-18-22-32)42-26-34-24-36(52(4,5)6)28-38(48(34)62-42)54(10,11)12/h13-28H,29-30H2,1-12H3. The van der Waals surface area contributed by atoms with Crippen LogP contribution >= 0.6 is 0 Å². The number of nitrogens with zero attached hydrogens (tertiary/aromatic N) is 2. The molecule has 0 saturated heterocycles. The number of ketones is 2. The van der Waals surface area contributed by atoms with Crippen molar-refractivity contribution in [2.75, 3.05) is 13.1 Å². The maximum absolute atomic E-state index is 15.3. The fourth-order valence-corrected chi connectivity index (χ4v) is 8.45. The van der Waals surface area contributed by atoms with Crippen molar-refractivity contribution in [2.24, 2.45) is 0 Å². The Morgan fingerprint density at radius 1 is 0.468 bits per heavy atom. The summed E-state index contributed by atoms with van der Waals surface area (Å²) in [5, 5.41) is 1.63. The van der Waals surface area contributed by atoms with Gasteiger partial charge in [-0.15, -0.1) is 0 Å². The normalized spacial score (nSPS) is 15.2. The Labute approximate surface area is 364 Å². The monoisotopic (exact) mass is 828 g/mol. The maximum Gasteiger partial charge on any atom is 0.261 e. The van der Waals surface area contributed by atoms with E-state index in [-0.39, 0.29) is 80.4 Å². The first-order chi connectivity index (χ1) is 28.9. The van der Waals surface area contributed by atoms with E-state index >= 15 is 9.59 Å². The molecule has 8 heteroatoms. The summed E-state index contributed by atoms with van der Waals surface area (Å²) >= 11 is 0. The molecule has 2 aromatic heterocycles. The third-order valence-electron chi connectivity index (χ3n) is 12.0. The highest BCUT2D eigenvalue weighted by Crippen LogP contribution is 2.50. The Morgan fingerprint density at radius 3 is 1.11 bits per heavy atom. The van der Waals surface area contributed by atoms with E-state index in [9.17, 15) is 9.59 Å². The molecule has 0 saturated carbocycles. The first-order valence-electron chi connectivity index (χ1n) is 21.4. The van der Waals surface area contributed by atoms with E-state index in [4.69, 9.17) is 8.83 Å². The highest BCUT2D eigenvalue weighted by molar-refractivity contribution is 6.31. The van der Waals surface area contributed by atoms with Crippen molar-refractivity contribution >= 4 is 56.7 Å². The van der Waals surface area contributed by atoms with Gasteiger partial charge >= 0.3 is 0 Å². The second kappa shape index (κ2) is 14.7. The third kappa shape index (κ3) is 7.43. The Hall–Kier alpha value is -6.28. The molecule has 0 atom stereocenters. The van der Waals surface area contributed by atoms with Crippen molar-refractivity contribution in [1.82, 2.24) is 9.80 Å². The van der Waals surface area contributed by atoms with E-state index < -0.39 is 11.8 Å². The third-order valence-corrected chi connectivity index (χ3v) is 12.0. The number of furan rings is 2. The van der Waals surface area contributed by atoms with Crippen LogP contribution < -0.4 is 0 Å². The molecular weight excluding hydrogens is 773 g/mol. The number of benzene rings is 4. The minimum Gasteiger partial charge on any atom is -0.454 e. The number of fused-ring (bicyclic) bond motifs is 3. The van der Waals surface area contributed by atoms with E-state index in [0.29, 0.717) is 22.3 Å². The molecule has 0 aliphatic carbocycles. The molecular formula is C54H56N2O6. The molecule has 0 unspecified atom stereocenters. The van der Waals surface area contributed by atoms with Crippen LogP contribution in [0.15, 0.2) is 117 Å². The molecule has 4 heterocycles. The lowest BCUT2D eigenvalue weighted by molar-refractivity contribution is -0.123. The Kier molecular flexibility index (Phi) is 10.0. The van der Waals surface area contributed by atoms with Gasteiger partial charge < -0.3 is 8.83 Å². The first-order valence-corrected chi connectivity index (χ1v) is 21.4. The van der Waals surface area contributed by atoms with Gasteiger partial charge in [-0.2, -0.15) is 0 Å². The summed E-state index contributed by atoms with van der Waals surface area (Å²) in [5.41, 5.74) is 5.76. The van der Waals surface area contributed by atoms with Gasteiger partial charge in [0.1, 0.15) is 22.6 Å². The van der Waals surface area contributed by atoms with Crippen LogP contribution in [-0.4, -0.2) is 46.3 Å². The average Bonchev–Trinajstić information content (AvgIpc) is 3.95. The quantitative estimate of drug-likeness (QED) is 0.142. The summed E-state index contributed by atoms with van der Waals surface area (Å²) < 4.78 is 13.7. The number of Topliss-reactive ketones (excluding diaryl/α,β-unsaturated/α-hetero) is 2. The molecule has 0 radical (unpaired) electrons. The smallest absolute Gasteiger partial charge is 0.261 e. The van der Waals surface area contributed by atoms with Crippen molar-refractivity contribution in [2.45, 2.75) is 105 Å². The minimum atomic E-state index is -0.559. The van der Waals surface area contributed by atoms with Gasteiger partial charge in [0.25, 0.3) is 11.8 Å². The van der Waals surface area contributed by atoms with Gasteiger partial charge in [0.2, 0.25) is 0 Å². The van der Waals surface area contributed by atoms with Crippen molar-refractivity contribution in [1.29, 1.82) is 0 Å². The lowest BCUT2D eigenvalue weighted by Crippen LogP contribution is -2.35. The van der Waals surface area contributed by atoms with Crippen molar-refractivity contribution in [3.63, 3.8) is 0 Å². The van der Waals surface area contributed by atoms with Crippen molar-refractivity contribution < 1.29 is 28.0 Å². The number of hydrogen-bond donors (Lipinski definition) is 0. The molecule has 0 fully saturated rings. The molecule has 62 heavy (non-hydrogen) atoms. The van der Waals surface area contributed by atoms with Crippen LogP contribution in [0.25, 0.3) is 33.3 Å². The molecule has 8 rings (SSSR count). The zero-order valence-corrected chi connectivity index (χ0v) is 38.0. The Bertz CT molecular complexity index is 2690. The molecule has 0 N–H and O–H groups in total. The van der Waals surface area contributed by atoms with E-state index in [1.807, 2.05) is 24.3 Å². The fraction of sp³-hybridized carbons (Fsp3) is 0.333. The topological polar surface area (TPSA) is 101 Å². The van der Waals surface area contributed by atoms with Gasteiger partial charge in [-0.05, 0) is 57.1 Å². The van der Waals surface area contributed by atoms with Gasteiger partial charge in [-0.25, -0.2) is 0 Å². The average molecular weight is 829 g/mol. The van der Waals surface area contributed by atoms with Crippen molar-refractivity contribution in [3.8, 4) is 0 Å². The van der Waals surface area contributed by atoms with Crippen LogP contribution in [0.1, 0.15) is 138 Å². The Morgan fingerprint density at radius 2 is 0.806 bits per heavy atom. The molecule has 0 bridgehead atoms. The van der Waals surface area contributed by atoms with Crippen LogP contribution in [0.2, 0.25) is 0 Å². The van der Waals surface area contributed by atoms with Gasteiger partial charge in [0.15, 0.2) is 23.1 Å². The SMILES string of the molecule is CC(C)(C)c1cc(C(C)(C)C)c2oc(C3=C4C(=O)N(CC(=O)c5ccccc5)C(c5cc6cc(C(C)(C)C)cc(C(C)(C)C)c6o5)=C4C(=O)N3CC(=O)c3ccccc3)cc2c1. The van der Waals surface area contributed by atoms with Gasteiger partial charge in [-0.1, -0.05) is 156 Å². The van der Waals surface area contributed by atoms with Crippen molar-refractivity contribution in [3.05, 3.63) is 153 Å². The minimum absolute atomic E-state index is 0.0611. The fourth-order valence-electron chi connectivity index (χ4n) is 8.45. The zero-order chi connectivity index (χ0) is 44.8. The second-order valence-electron chi connectivity index (χ2n) is 20.9. The number of carbonyl (C=O) groups is 4. The summed E-state index contributed by atoms with van der Waals surface area (Å²) in [6, 6.07) is 29.9. The number of rotatable bonds is 8. The molecule has 2 amide bonds. The summed E-state index contributed by atoms with van der Waals surface area (Å²) in [5.74, 6) is -1.19. The predicted octanol–water partition coefficient (Wildman–Crippen LogP) is 11.9. The predicted molar refractivity (Wildman–Crippen MR) is 246 cm³/mol. The van der Waals surface area contributed by atoms with Crippen LogP contribution in [-0.2, 0) is 31.2 Å². The van der Waals surface area contributed by atoms with Crippen LogP contribution in [0, 0.1) is 0 Å². The molecule has 0 spiro atoms. The Balaban J connectivity index is 1.42. The molecule has 4 aromatic carbocycles. The lowest BCUT2D eigenvalue weighted by atomic mass is 9.80. The van der Waals surface area contributed by atoms with Crippen LogP contribution in [0.5, 0.6) is 0 Å². The summed E-state index contributed by atoms with van der Waals surface area (Å²) in [7, 11) is 0. The maximum atomic E-state index is 15.3. The number of hydrogen-bond acceptors (Lipinski definition) is 6. The first kappa shape index (κ1) is 42.4. The highest BCUT2D eigenvalue weighted by atomic mass is 16.3. The van der Waals surface area contributed by atoms with E-state index in [1.165, 1.54) is 9.80 Å². The van der Waals surface area contributed by atoms with E-state index in [0.717, 1.165) is 33.0 Å². The van der Waals surface area contributed by atoms with Gasteiger partial charge in [0, 0.05) is 33.0 Å². The van der Waals surface area contributed by atoms with Crippen LogP contribution in [0.4, 0.5) is 0 Å². The second-order valence-corrected chi connectivity index (χ2v) is 20.9. The highest BCUT2D eigenvalue weighted by Gasteiger charge is 2.51. The van der Waals surface area contributed by atoms with Gasteiger partial charge in [-0.3, -0.25) is 29.0 Å². The number of carbonyl (C=O) groups excluding carboxylic acids is 4. The summed E-state index contributed by atoms with van der Waals surface area (Å²) in [4.78, 5) is 61.6. The molecule has 8 nitrogen and oxygen atoms in total. The van der Waals surface area contributed by atoms with Crippen LogP contribution in [0.3, 0.4) is 0 Å². The molecule has 318 valence electrons. The largest absolute Gasteiger partial charge is 0.454 e. The zero-order valence-electron chi connectivity index (χ0n) is 38.0.